The van der Waals surface area contributed by atoms with Gasteiger partial charge in [0.25, 0.3) is 0 Å². The van der Waals surface area contributed by atoms with E-state index in [0.29, 0.717) is 6.61 Å². The van der Waals surface area contributed by atoms with Crippen molar-refractivity contribution < 1.29 is 4.74 Å². The van der Waals surface area contributed by atoms with E-state index in [1.165, 1.54) is 18.2 Å². The summed E-state index contributed by atoms with van der Waals surface area (Å²) in [5.74, 6) is 0.859. The molecule has 110 valence electrons. The zero-order valence-corrected chi connectivity index (χ0v) is 12.0. The van der Waals surface area contributed by atoms with E-state index in [2.05, 4.69) is 27.4 Å². The largest absolute Gasteiger partial charge is 0.493 e. The Labute approximate surface area is 128 Å². The van der Waals surface area contributed by atoms with Gasteiger partial charge in [-0.15, -0.1) is 10.2 Å². The monoisotopic (exact) mass is 292 g/mol. The van der Waals surface area contributed by atoms with E-state index in [0.717, 1.165) is 17.7 Å². The minimum absolute atomic E-state index is 0.665. The van der Waals surface area contributed by atoms with E-state index >= 15 is 0 Å². The highest BCUT2D eigenvalue weighted by molar-refractivity contribution is 5.79. The first-order chi connectivity index (χ1) is 10.9. The van der Waals surface area contributed by atoms with Crippen molar-refractivity contribution in [2.45, 2.75) is 6.42 Å². The van der Waals surface area contributed by atoms with E-state index in [4.69, 9.17) is 4.74 Å². The lowest BCUT2D eigenvalue weighted by atomic mass is 10.2. The maximum atomic E-state index is 5.75. The average Bonchev–Trinajstić information content (AvgIpc) is 3.09. The molecule has 0 N–H and O–H groups in total. The van der Waals surface area contributed by atoms with E-state index in [1.54, 1.807) is 10.9 Å². The molecule has 0 saturated carbocycles. The minimum Gasteiger partial charge on any atom is -0.493 e. The van der Waals surface area contributed by atoms with Crippen LogP contribution in [0.4, 0.5) is 0 Å². The molecule has 0 radical (unpaired) electrons. The number of ether oxygens (including phenoxy) is 1. The van der Waals surface area contributed by atoms with Crippen molar-refractivity contribution in [1.82, 2.24) is 14.9 Å². The Kier molecular flexibility index (Phi) is 4.57. The first-order valence-corrected chi connectivity index (χ1v) is 7.06. The van der Waals surface area contributed by atoms with Crippen LogP contribution in [0.1, 0.15) is 11.1 Å². The Hall–Kier alpha value is -2.95. The van der Waals surface area contributed by atoms with Gasteiger partial charge in [-0.2, -0.15) is 5.10 Å². The number of hydrogen-bond acceptors (Lipinski definition) is 4. The molecule has 3 rings (SSSR count). The fourth-order valence-corrected chi connectivity index (χ4v) is 1.97. The summed E-state index contributed by atoms with van der Waals surface area (Å²) in [6.45, 7) is 0.665. The van der Waals surface area contributed by atoms with Gasteiger partial charge in [-0.05, 0) is 35.4 Å². The van der Waals surface area contributed by atoms with Gasteiger partial charge >= 0.3 is 0 Å². The van der Waals surface area contributed by atoms with Gasteiger partial charge in [0.2, 0.25) is 0 Å². The van der Waals surface area contributed by atoms with Crippen LogP contribution in [-0.4, -0.2) is 27.7 Å². The zero-order valence-electron chi connectivity index (χ0n) is 12.0. The highest BCUT2D eigenvalue weighted by atomic mass is 16.5. The van der Waals surface area contributed by atoms with E-state index in [9.17, 15) is 0 Å². The summed E-state index contributed by atoms with van der Waals surface area (Å²) < 4.78 is 7.29. The maximum Gasteiger partial charge on any atom is 0.141 e. The molecule has 5 heteroatoms. The van der Waals surface area contributed by atoms with Crippen LogP contribution in [0.2, 0.25) is 0 Å². The summed E-state index contributed by atoms with van der Waals surface area (Å²) in [6.07, 6.45) is 5.73. The van der Waals surface area contributed by atoms with Gasteiger partial charge < -0.3 is 4.74 Å². The molecular formula is C17H16N4O. The van der Waals surface area contributed by atoms with Gasteiger partial charge in [0.05, 0.1) is 12.8 Å². The lowest BCUT2D eigenvalue weighted by Gasteiger charge is -2.06. The SMILES string of the molecule is C(=N\n1cnnc1)/c1ccc(OCCc2ccccc2)cc1. The van der Waals surface area contributed by atoms with Gasteiger partial charge in [-0.3, -0.25) is 0 Å². The van der Waals surface area contributed by atoms with Gasteiger partial charge in [-0.25, -0.2) is 4.68 Å². The highest BCUT2D eigenvalue weighted by Crippen LogP contribution is 2.12. The molecule has 22 heavy (non-hydrogen) atoms. The quantitative estimate of drug-likeness (QED) is 0.656. The second-order valence-corrected chi connectivity index (χ2v) is 4.74. The zero-order chi connectivity index (χ0) is 15.0. The first-order valence-electron chi connectivity index (χ1n) is 7.06. The molecule has 0 aliphatic carbocycles. The smallest absolute Gasteiger partial charge is 0.141 e. The Balaban J connectivity index is 1.51. The fraction of sp³-hybridized carbons (Fsp3) is 0.118. The Morgan fingerprint density at radius 1 is 0.955 bits per heavy atom. The summed E-state index contributed by atoms with van der Waals surface area (Å²) >= 11 is 0. The van der Waals surface area contributed by atoms with Crippen molar-refractivity contribution in [3.63, 3.8) is 0 Å². The first kappa shape index (κ1) is 14.0. The van der Waals surface area contributed by atoms with Crippen LogP contribution in [0.25, 0.3) is 0 Å². The highest BCUT2D eigenvalue weighted by Gasteiger charge is 1.96. The standard InChI is InChI=1S/C17H16N4O/c1-2-4-15(5-3-1)10-11-22-17-8-6-16(7-9-17)12-20-21-13-18-19-14-21/h1-9,12-14H,10-11H2/b20-12+. The molecule has 1 aromatic heterocycles. The number of hydrogen-bond donors (Lipinski definition) is 0. The van der Waals surface area contributed by atoms with Crippen LogP contribution >= 0.6 is 0 Å². The third-order valence-corrected chi connectivity index (χ3v) is 3.13. The molecule has 0 amide bonds. The Bertz CT molecular complexity index is 706. The molecule has 0 unspecified atom stereocenters. The molecule has 0 spiro atoms. The molecule has 0 fully saturated rings. The van der Waals surface area contributed by atoms with Crippen molar-refractivity contribution in [3.05, 3.63) is 78.4 Å². The molecule has 5 nitrogen and oxygen atoms in total. The molecule has 2 aromatic carbocycles. The third-order valence-electron chi connectivity index (χ3n) is 3.13. The van der Waals surface area contributed by atoms with E-state index in [-0.39, 0.29) is 0 Å². The summed E-state index contributed by atoms with van der Waals surface area (Å²) in [5.41, 5.74) is 2.27. The third kappa shape index (κ3) is 4.02. The van der Waals surface area contributed by atoms with Crippen molar-refractivity contribution in [1.29, 1.82) is 0 Å². The topological polar surface area (TPSA) is 52.3 Å². The maximum absolute atomic E-state index is 5.75. The van der Waals surface area contributed by atoms with Gasteiger partial charge in [0.1, 0.15) is 18.4 Å². The van der Waals surface area contributed by atoms with Crippen LogP contribution < -0.4 is 4.74 Å². The van der Waals surface area contributed by atoms with E-state index in [1.807, 2.05) is 42.5 Å². The van der Waals surface area contributed by atoms with Gasteiger partial charge in [-0.1, -0.05) is 30.3 Å². The Morgan fingerprint density at radius 3 is 2.41 bits per heavy atom. The molecule has 0 atom stereocenters. The minimum atomic E-state index is 0.665. The molecule has 1 heterocycles. The second kappa shape index (κ2) is 7.17. The van der Waals surface area contributed by atoms with E-state index < -0.39 is 0 Å². The molecule has 0 aliphatic rings. The fourth-order valence-electron chi connectivity index (χ4n) is 1.97. The van der Waals surface area contributed by atoms with Gasteiger partial charge in [0.15, 0.2) is 0 Å². The number of nitrogens with zero attached hydrogens (tertiary/aromatic N) is 4. The summed E-state index contributed by atoms with van der Waals surface area (Å²) in [5, 5.41) is 11.6. The molecule has 3 aromatic rings. The molecule has 0 saturated heterocycles. The second-order valence-electron chi connectivity index (χ2n) is 4.74. The normalized spacial score (nSPS) is 10.9. The lowest BCUT2D eigenvalue weighted by Crippen LogP contribution is -2.01. The molecular weight excluding hydrogens is 276 g/mol. The van der Waals surface area contributed by atoms with Crippen LogP contribution in [0.3, 0.4) is 0 Å². The Morgan fingerprint density at radius 2 is 1.68 bits per heavy atom. The summed E-state index contributed by atoms with van der Waals surface area (Å²) in [4.78, 5) is 0. The lowest BCUT2D eigenvalue weighted by molar-refractivity contribution is 0.322. The van der Waals surface area contributed by atoms with Crippen LogP contribution in [0, 0.1) is 0 Å². The number of benzene rings is 2. The summed E-state index contributed by atoms with van der Waals surface area (Å²) in [7, 11) is 0. The molecule has 0 aliphatic heterocycles. The van der Waals surface area contributed by atoms with Crippen molar-refractivity contribution in [2.75, 3.05) is 6.61 Å². The molecule has 0 bridgehead atoms. The number of aromatic nitrogens is 3. The van der Waals surface area contributed by atoms with Crippen LogP contribution in [0.5, 0.6) is 5.75 Å². The van der Waals surface area contributed by atoms with Gasteiger partial charge in [0, 0.05) is 6.42 Å². The predicted octanol–water partition coefficient (Wildman–Crippen LogP) is 2.78. The van der Waals surface area contributed by atoms with Crippen molar-refractivity contribution in [3.8, 4) is 5.75 Å². The predicted molar refractivity (Wildman–Crippen MR) is 85.1 cm³/mol. The van der Waals surface area contributed by atoms with Crippen molar-refractivity contribution >= 4 is 6.21 Å². The van der Waals surface area contributed by atoms with Crippen LogP contribution in [0.15, 0.2) is 72.4 Å². The average molecular weight is 292 g/mol. The summed E-state index contributed by atoms with van der Waals surface area (Å²) in [6, 6.07) is 18.1. The van der Waals surface area contributed by atoms with Crippen molar-refractivity contribution in [2.24, 2.45) is 5.10 Å². The van der Waals surface area contributed by atoms with Crippen LogP contribution in [-0.2, 0) is 6.42 Å². The number of rotatable bonds is 6.